The van der Waals surface area contributed by atoms with E-state index in [0.29, 0.717) is 11.8 Å². The van der Waals surface area contributed by atoms with Crippen LogP contribution in [0.4, 0.5) is 5.69 Å². The van der Waals surface area contributed by atoms with Gasteiger partial charge in [0.15, 0.2) is 0 Å². The number of hydrogen-bond donors (Lipinski definition) is 0. The molecule has 1 unspecified atom stereocenters. The molecule has 0 saturated carbocycles. The number of rotatable bonds is 5. The van der Waals surface area contributed by atoms with E-state index in [1.54, 1.807) is 0 Å². The first kappa shape index (κ1) is 16.1. The molecule has 0 aliphatic heterocycles. The smallest absolute Gasteiger partial charge is 0.135 e. The Morgan fingerprint density at radius 2 is 1.62 bits per heavy atom. The fourth-order valence-corrected chi connectivity index (χ4v) is 5.42. The van der Waals surface area contributed by atoms with Crippen molar-refractivity contribution in [1.29, 1.82) is 0 Å². The van der Waals surface area contributed by atoms with E-state index in [0.717, 1.165) is 0 Å². The minimum Gasteiger partial charge on any atom is -0.389 e. The summed E-state index contributed by atoms with van der Waals surface area (Å²) in [5.41, 5.74) is 2.87. The third kappa shape index (κ3) is 3.01. The van der Waals surface area contributed by atoms with Crippen molar-refractivity contribution in [2.24, 2.45) is 11.8 Å². The van der Waals surface area contributed by atoms with Crippen LogP contribution in [0.2, 0.25) is 13.1 Å². The van der Waals surface area contributed by atoms with Crippen LogP contribution in [-0.4, -0.2) is 14.5 Å². The van der Waals surface area contributed by atoms with Crippen LogP contribution in [0.1, 0.15) is 27.7 Å². The van der Waals surface area contributed by atoms with Gasteiger partial charge in [-0.2, -0.15) is 0 Å². The topological polar surface area (TPSA) is 3.24 Å². The summed E-state index contributed by atoms with van der Waals surface area (Å²) in [6.45, 7) is 14.1. The maximum Gasteiger partial charge on any atom is 0.135 e. The number of anilines is 1. The van der Waals surface area contributed by atoms with E-state index in [-0.39, 0.29) is 5.54 Å². The van der Waals surface area contributed by atoms with Gasteiger partial charge < -0.3 is 4.57 Å². The number of hydrogen-bond acceptors (Lipinski definition) is 1. The Balaban J connectivity index is 2.53. The molecule has 1 aliphatic carbocycles. The molecule has 0 bridgehead atoms. The molecule has 1 atom stereocenters. The van der Waals surface area contributed by atoms with Crippen LogP contribution in [0, 0.1) is 11.8 Å². The van der Waals surface area contributed by atoms with Gasteiger partial charge in [0.1, 0.15) is 8.96 Å². The number of allylic oxidation sites excluding steroid dienone is 2. The van der Waals surface area contributed by atoms with Gasteiger partial charge in [-0.05, 0) is 29.5 Å². The number of nitrogens with zero attached hydrogens (tertiary/aromatic N) is 1. The Bertz CT molecular complexity index is 528. The van der Waals surface area contributed by atoms with Crippen LogP contribution in [0.3, 0.4) is 0 Å². The zero-order valence-electron chi connectivity index (χ0n) is 14.3. The molecule has 0 saturated heterocycles. The fraction of sp³-hybridized carbons (Fsp3) is 0.474. The van der Waals surface area contributed by atoms with E-state index in [2.05, 4.69) is 93.9 Å². The van der Waals surface area contributed by atoms with Crippen LogP contribution < -0.4 is 4.57 Å². The van der Waals surface area contributed by atoms with E-state index >= 15 is 0 Å². The molecule has 1 aromatic carbocycles. The van der Waals surface area contributed by atoms with Gasteiger partial charge in [-0.15, -0.1) is 0 Å². The summed E-state index contributed by atoms with van der Waals surface area (Å²) in [4.78, 5) is 0. The lowest BCUT2D eigenvalue weighted by atomic mass is 9.86. The second-order valence-electron chi connectivity index (χ2n) is 6.97. The molecule has 0 radical (unpaired) electrons. The predicted octanol–water partition coefficient (Wildman–Crippen LogP) is 5.02. The first-order valence-electron chi connectivity index (χ1n) is 8.15. The van der Waals surface area contributed by atoms with E-state index < -0.39 is 8.96 Å². The third-order valence-electron chi connectivity index (χ3n) is 4.50. The monoisotopic (exact) mass is 299 g/mol. The molecular weight excluding hydrogens is 270 g/mol. The Labute approximate surface area is 132 Å². The molecule has 1 nitrogen and oxygen atoms in total. The molecule has 2 heteroatoms. The minimum absolute atomic E-state index is 0.0430. The molecule has 0 N–H and O–H groups in total. The molecule has 0 amide bonds. The van der Waals surface area contributed by atoms with Gasteiger partial charge >= 0.3 is 0 Å². The average molecular weight is 300 g/mol. The highest BCUT2D eigenvalue weighted by Gasteiger charge is 2.39. The first-order valence-corrected chi connectivity index (χ1v) is 11.0. The van der Waals surface area contributed by atoms with Gasteiger partial charge in [0.2, 0.25) is 0 Å². The lowest BCUT2D eigenvalue weighted by molar-refractivity contribution is 0.469. The second kappa shape index (κ2) is 6.23. The Kier molecular flexibility index (Phi) is 4.77. The zero-order chi connectivity index (χ0) is 15.6. The molecule has 0 fully saturated rings. The zero-order valence-corrected chi connectivity index (χ0v) is 15.5. The van der Waals surface area contributed by atoms with Crippen LogP contribution >= 0.6 is 0 Å². The van der Waals surface area contributed by atoms with Gasteiger partial charge in [0, 0.05) is 5.69 Å². The Morgan fingerprint density at radius 3 is 2.05 bits per heavy atom. The summed E-state index contributed by atoms with van der Waals surface area (Å²) in [5.74, 6) is 1.15. The highest BCUT2D eigenvalue weighted by atomic mass is 28.3. The van der Waals surface area contributed by atoms with Crippen molar-refractivity contribution >= 4 is 14.6 Å². The fourth-order valence-electron chi connectivity index (χ4n) is 3.30. The van der Waals surface area contributed by atoms with E-state index in [1.165, 1.54) is 11.3 Å². The molecule has 0 heterocycles. The van der Waals surface area contributed by atoms with Crippen molar-refractivity contribution in [3.05, 3.63) is 54.1 Å². The van der Waals surface area contributed by atoms with Gasteiger partial charge in [-0.3, -0.25) is 0 Å². The Hall–Kier alpha value is -1.28. The summed E-state index contributed by atoms with van der Waals surface area (Å²) >= 11 is 0. The molecule has 2 rings (SSSR count). The van der Waals surface area contributed by atoms with Crippen molar-refractivity contribution in [2.45, 2.75) is 46.3 Å². The van der Waals surface area contributed by atoms with Crippen LogP contribution in [0.15, 0.2) is 54.1 Å². The SMILES string of the molecule is CC(C)C1=CC(C(C)C)(N(c2ccccc2)[SiH](C)C)C=C1. The lowest BCUT2D eigenvalue weighted by Crippen LogP contribution is -2.54. The Morgan fingerprint density at radius 1 is 1.00 bits per heavy atom. The normalized spacial score (nSPS) is 21.5. The van der Waals surface area contributed by atoms with Gasteiger partial charge in [-0.1, -0.05) is 77.2 Å². The largest absolute Gasteiger partial charge is 0.389 e. The molecule has 0 aromatic heterocycles. The number of para-hydroxylation sites is 1. The van der Waals surface area contributed by atoms with Crippen LogP contribution in [-0.2, 0) is 0 Å². The van der Waals surface area contributed by atoms with E-state index in [4.69, 9.17) is 0 Å². The van der Waals surface area contributed by atoms with E-state index in [1.807, 2.05) is 0 Å². The average Bonchev–Trinajstić information content (AvgIpc) is 2.86. The molecule has 0 spiro atoms. The van der Waals surface area contributed by atoms with Crippen molar-refractivity contribution in [3.8, 4) is 0 Å². The minimum atomic E-state index is -1.01. The molecular formula is C19H29NSi. The summed E-state index contributed by atoms with van der Waals surface area (Å²) in [5, 5.41) is 0. The van der Waals surface area contributed by atoms with Gasteiger partial charge in [0.25, 0.3) is 0 Å². The maximum absolute atomic E-state index is 2.70. The van der Waals surface area contributed by atoms with Crippen molar-refractivity contribution in [3.63, 3.8) is 0 Å². The van der Waals surface area contributed by atoms with Crippen LogP contribution in [0.25, 0.3) is 0 Å². The molecule has 21 heavy (non-hydrogen) atoms. The second-order valence-corrected chi connectivity index (χ2v) is 9.68. The summed E-state index contributed by atoms with van der Waals surface area (Å²) in [6.07, 6.45) is 7.30. The van der Waals surface area contributed by atoms with Crippen molar-refractivity contribution in [2.75, 3.05) is 4.57 Å². The number of benzene rings is 1. The maximum atomic E-state index is 2.70. The summed E-state index contributed by atoms with van der Waals surface area (Å²) < 4.78 is 2.70. The van der Waals surface area contributed by atoms with Crippen LogP contribution in [0.5, 0.6) is 0 Å². The van der Waals surface area contributed by atoms with Crippen molar-refractivity contribution < 1.29 is 0 Å². The highest BCUT2D eigenvalue weighted by Crippen LogP contribution is 2.39. The molecule has 1 aliphatic rings. The first-order chi connectivity index (χ1) is 9.88. The quantitative estimate of drug-likeness (QED) is 0.690. The third-order valence-corrected chi connectivity index (χ3v) is 6.28. The van der Waals surface area contributed by atoms with Crippen molar-refractivity contribution in [1.82, 2.24) is 0 Å². The summed E-state index contributed by atoms with van der Waals surface area (Å²) in [7, 11) is -1.01. The molecule has 1 aromatic rings. The van der Waals surface area contributed by atoms with Gasteiger partial charge in [0.05, 0.1) is 5.54 Å². The highest BCUT2D eigenvalue weighted by molar-refractivity contribution is 6.61. The summed E-state index contributed by atoms with van der Waals surface area (Å²) in [6, 6.07) is 10.9. The van der Waals surface area contributed by atoms with E-state index in [9.17, 15) is 0 Å². The lowest BCUT2D eigenvalue weighted by Gasteiger charge is -2.46. The van der Waals surface area contributed by atoms with Gasteiger partial charge in [-0.25, -0.2) is 0 Å². The standard InChI is InChI=1S/C19H29NSi/c1-15(2)17-12-13-19(14-17,16(3)4)20(21(5)6)18-10-8-7-9-11-18/h7-16,21H,1-6H3. The molecule has 114 valence electrons. The predicted molar refractivity (Wildman–Crippen MR) is 97.4 cm³/mol.